The van der Waals surface area contributed by atoms with Crippen molar-refractivity contribution in [3.05, 3.63) is 83.7 Å². The number of rotatable bonds is 6. The van der Waals surface area contributed by atoms with Crippen LogP contribution >= 0.6 is 0 Å². The minimum atomic E-state index is -0.646. The van der Waals surface area contributed by atoms with Gasteiger partial charge in [0.1, 0.15) is 12.2 Å². The molecule has 0 saturated carbocycles. The van der Waals surface area contributed by atoms with Crippen LogP contribution in [0.25, 0.3) is 11.4 Å². The van der Waals surface area contributed by atoms with Crippen molar-refractivity contribution in [2.45, 2.75) is 60.4 Å². The molecule has 0 aliphatic carbocycles. The first-order chi connectivity index (χ1) is 14.6. The van der Waals surface area contributed by atoms with E-state index in [0.717, 1.165) is 22.6 Å². The Morgan fingerprint density at radius 1 is 0.710 bits per heavy atom. The maximum absolute atomic E-state index is 10.7. The highest BCUT2D eigenvalue weighted by Gasteiger charge is 2.29. The number of ether oxygens (including phenoxy) is 1. The van der Waals surface area contributed by atoms with Crippen LogP contribution in [-0.4, -0.2) is 15.1 Å². The third kappa shape index (κ3) is 5.99. The summed E-state index contributed by atoms with van der Waals surface area (Å²) in [7, 11) is 0. The highest BCUT2D eigenvalue weighted by atomic mass is 16.5. The van der Waals surface area contributed by atoms with Gasteiger partial charge >= 0.3 is 0 Å². The minimum absolute atomic E-state index is 0.127. The van der Waals surface area contributed by atoms with Crippen LogP contribution in [0.3, 0.4) is 0 Å². The normalized spacial score (nSPS) is 14.3. The molecule has 2 aromatic heterocycles. The fraction of sp³-hybridized carbons (Fsp3) is 0.407. The molecule has 0 bridgehead atoms. The molecule has 2 heterocycles. The lowest BCUT2D eigenvalue weighted by Gasteiger charge is -2.30. The predicted octanol–water partition coefficient (Wildman–Crippen LogP) is 6.53. The van der Waals surface area contributed by atoms with Crippen LogP contribution in [0.1, 0.15) is 70.7 Å². The molecule has 1 aromatic carbocycles. The first-order valence-corrected chi connectivity index (χ1v) is 10.8. The van der Waals surface area contributed by atoms with Crippen molar-refractivity contribution in [2.75, 3.05) is 0 Å². The standard InChI is InChI=1S/C27H34N2O2/c1-26(2,3)24(30)22-16-10-14-20(28-22)21-15-11-17-23(29-21)25(27(4,5)6)31-18-19-12-8-7-9-13-19/h7-17,24-25,30H,18H2,1-6H3/t24-,25-/m1/s1. The van der Waals surface area contributed by atoms with E-state index in [1.54, 1.807) is 0 Å². The molecule has 4 nitrogen and oxygen atoms in total. The summed E-state index contributed by atoms with van der Waals surface area (Å²) in [4.78, 5) is 9.63. The predicted molar refractivity (Wildman–Crippen MR) is 125 cm³/mol. The molecule has 3 aromatic rings. The molecule has 0 unspecified atom stereocenters. The minimum Gasteiger partial charge on any atom is -0.386 e. The second kappa shape index (κ2) is 9.29. The van der Waals surface area contributed by atoms with Gasteiger partial charge in [0.2, 0.25) is 0 Å². The molecule has 0 radical (unpaired) electrons. The van der Waals surface area contributed by atoms with E-state index >= 15 is 0 Å². The second-order valence-corrected chi connectivity index (χ2v) is 10.2. The monoisotopic (exact) mass is 418 g/mol. The van der Waals surface area contributed by atoms with E-state index in [1.807, 2.05) is 75.4 Å². The van der Waals surface area contributed by atoms with Crippen molar-refractivity contribution in [1.82, 2.24) is 9.97 Å². The molecular formula is C27H34N2O2. The number of benzene rings is 1. The fourth-order valence-electron chi connectivity index (χ4n) is 3.46. The molecule has 3 rings (SSSR count). The Balaban J connectivity index is 1.90. The van der Waals surface area contributed by atoms with E-state index in [4.69, 9.17) is 14.7 Å². The highest BCUT2D eigenvalue weighted by molar-refractivity contribution is 5.54. The van der Waals surface area contributed by atoms with Crippen LogP contribution in [0.15, 0.2) is 66.7 Å². The van der Waals surface area contributed by atoms with E-state index in [0.29, 0.717) is 12.3 Å². The van der Waals surface area contributed by atoms with E-state index in [2.05, 4.69) is 32.9 Å². The van der Waals surface area contributed by atoms with Gasteiger partial charge in [-0.05, 0) is 40.7 Å². The SMILES string of the molecule is CC(C)(C)[C@H](O)c1cccc(-c2cccc([C@@H](OCc3ccccc3)C(C)(C)C)n2)n1. The Bertz CT molecular complexity index is 988. The summed E-state index contributed by atoms with van der Waals surface area (Å²) < 4.78 is 6.35. The molecule has 0 amide bonds. The summed E-state index contributed by atoms with van der Waals surface area (Å²) in [6.07, 6.45) is -0.817. The first kappa shape index (κ1) is 23.1. The molecule has 0 fully saturated rings. The van der Waals surface area contributed by atoms with Crippen LogP contribution < -0.4 is 0 Å². The molecule has 1 N–H and O–H groups in total. The van der Waals surface area contributed by atoms with Crippen LogP contribution in [0.2, 0.25) is 0 Å². The van der Waals surface area contributed by atoms with Gasteiger partial charge in [0.15, 0.2) is 0 Å². The summed E-state index contributed by atoms with van der Waals surface area (Å²) in [5, 5.41) is 10.7. The lowest BCUT2D eigenvalue weighted by atomic mass is 9.86. The van der Waals surface area contributed by atoms with E-state index < -0.39 is 6.10 Å². The molecule has 164 valence electrons. The maximum atomic E-state index is 10.7. The zero-order valence-electron chi connectivity index (χ0n) is 19.5. The van der Waals surface area contributed by atoms with E-state index in [-0.39, 0.29) is 16.9 Å². The van der Waals surface area contributed by atoms with Gasteiger partial charge in [0, 0.05) is 0 Å². The number of hydrogen-bond donors (Lipinski definition) is 1. The average Bonchev–Trinajstić information content (AvgIpc) is 2.73. The van der Waals surface area contributed by atoms with Crippen molar-refractivity contribution in [2.24, 2.45) is 10.8 Å². The first-order valence-electron chi connectivity index (χ1n) is 10.8. The summed E-state index contributed by atoms with van der Waals surface area (Å²) in [6.45, 7) is 13.0. The lowest BCUT2D eigenvalue weighted by Crippen LogP contribution is -2.22. The van der Waals surface area contributed by atoms with Crippen molar-refractivity contribution in [3.63, 3.8) is 0 Å². The van der Waals surface area contributed by atoms with E-state index in [9.17, 15) is 5.11 Å². The topological polar surface area (TPSA) is 55.2 Å². The van der Waals surface area contributed by atoms with Crippen molar-refractivity contribution < 1.29 is 9.84 Å². The van der Waals surface area contributed by atoms with Gasteiger partial charge in [-0.1, -0.05) is 84.0 Å². The summed E-state index contributed by atoms with van der Waals surface area (Å²) in [5.41, 5.74) is 3.78. The molecule has 0 saturated heterocycles. The number of aromatic nitrogens is 2. The highest BCUT2D eigenvalue weighted by Crippen LogP contribution is 2.37. The van der Waals surface area contributed by atoms with Crippen molar-refractivity contribution in [1.29, 1.82) is 0 Å². The van der Waals surface area contributed by atoms with Crippen LogP contribution in [0, 0.1) is 10.8 Å². The zero-order chi connectivity index (χ0) is 22.6. The molecule has 4 heteroatoms. The number of aliphatic hydroxyl groups is 1. The van der Waals surface area contributed by atoms with Gasteiger partial charge in [0.05, 0.1) is 29.4 Å². The van der Waals surface area contributed by atoms with Crippen molar-refractivity contribution >= 4 is 0 Å². The van der Waals surface area contributed by atoms with Crippen LogP contribution in [-0.2, 0) is 11.3 Å². The zero-order valence-corrected chi connectivity index (χ0v) is 19.5. The molecule has 2 atom stereocenters. The fourth-order valence-corrected chi connectivity index (χ4v) is 3.46. The van der Waals surface area contributed by atoms with Crippen LogP contribution in [0.4, 0.5) is 0 Å². The smallest absolute Gasteiger partial charge is 0.105 e. The van der Waals surface area contributed by atoms with Gasteiger partial charge in [0.25, 0.3) is 0 Å². The number of hydrogen-bond acceptors (Lipinski definition) is 4. The molecular weight excluding hydrogens is 384 g/mol. The Labute approximate surface area is 186 Å². The number of aliphatic hydroxyl groups excluding tert-OH is 1. The molecule has 0 spiro atoms. The quantitative estimate of drug-likeness (QED) is 0.495. The summed E-state index contributed by atoms with van der Waals surface area (Å²) >= 11 is 0. The second-order valence-electron chi connectivity index (χ2n) is 10.2. The molecule has 0 aliphatic heterocycles. The van der Waals surface area contributed by atoms with Crippen molar-refractivity contribution in [3.8, 4) is 11.4 Å². The summed E-state index contributed by atoms with van der Waals surface area (Å²) in [5.74, 6) is 0. The lowest BCUT2D eigenvalue weighted by molar-refractivity contribution is -0.0330. The Hall–Kier alpha value is -2.56. The number of nitrogens with zero attached hydrogens (tertiary/aromatic N) is 2. The number of pyridine rings is 2. The maximum Gasteiger partial charge on any atom is 0.105 e. The van der Waals surface area contributed by atoms with Gasteiger partial charge in [-0.15, -0.1) is 0 Å². The average molecular weight is 419 g/mol. The molecule has 0 aliphatic rings. The van der Waals surface area contributed by atoms with Gasteiger partial charge in [-0.3, -0.25) is 0 Å². The van der Waals surface area contributed by atoms with Gasteiger partial charge < -0.3 is 9.84 Å². The largest absolute Gasteiger partial charge is 0.386 e. The Morgan fingerprint density at radius 3 is 1.81 bits per heavy atom. The summed E-state index contributed by atoms with van der Waals surface area (Å²) in [6, 6.07) is 21.9. The van der Waals surface area contributed by atoms with Gasteiger partial charge in [-0.2, -0.15) is 0 Å². The van der Waals surface area contributed by atoms with Crippen LogP contribution in [0.5, 0.6) is 0 Å². The molecule has 31 heavy (non-hydrogen) atoms. The van der Waals surface area contributed by atoms with E-state index in [1.165, 1.54) is 0 Å². The Morgan fingerprint density at radius 2 is 1.26 bits per heavy atom. The third-order valence-corrected chi connectivity index (χ3v) is 5.22. The Kier molecular flexibility index (Phi) is 6.93. The third-order valence-electron chi connectivity index (χ3n) is 5.22. The van der Waals surface area contributed by atoms with Gasteiger partial charge in [-0.25, -0.2) is 9.97 Å².